The van der Waals surface area contributed by atoms with Crippen molar-refractivity contribution in [3.8, 4) is 0 Å². The topological polar surface area (TPSA) is 83.3 Å². The fourth-order valence-corrected chi connectivity index (χ4v) is 3.05. The largest absolute Gasteiger partial charge is 0.357 e. The molecule has 0 saturated heterocycles. The van der Waals surface area contributed by atoms with E-state index in [9.17, 15) is 4.79 Å². The number of aliphatic imine (C=N–C) groups is 1. The summed E-state index contributed by atoms with van der Waals surface area (Å²) in [6, 6.07) is 9.94. The van der Waals surface area contributed by atoms with E-state index in [0.29, 0.717) is 13.0 Å². The number of hydrogen-bond donors (Lipinski definition) is 3. The van der Waals surface area contributed by atoms with Crippen LogP contribution in [-0.4, -0.2) is 34.7 Å². The fraction of sp³-hybridized carbons (Fsp3) is 0.500. The molecular formula is C22H34N6O. The lowest BCUT2D eigenvalue weighted by Gasteiger charge is -2.12. The van der Waals surface area contributed by atoms with Gasteiger partial charge in [0.1, 0.15) is 0 Å². The standard InChI is InChI=1S/C22H34N6O/c1-5-9-21(29)26-20-11-7-10-19(15-20)16-25-22(23-6-2)24-12-8-13-28-18(4)14-17(3)27-28/h7,10-11,14-15H,5-6,8-9,12-13,16H2,1-4H3,(H,26,29)(H2,23,24,25). The van der Waals surface area contributed by atoms with Crippen LogP contribution in [-0.2, 0) is 17.9 Å². The van der Waals surface area contributed by atoms with Crippen LogP contribution in [0.15, 0.2) is 35.3 Å². The lowest BCUT2D eigenvalue weighted by atomic mass is 10.2. The molecule has 0 spiro atoms. The molecule has 158 valence electrons. The Labute approximate surface area is 174 Å². The predicted octanol–water partition coefficient (Wildman–Crippen LogP) is 3.38. The van der Waals surface area contributed by atoms with E-state index in [1.807, 2.05) is 42.8 Å². The number of rotatable bonds is 10. The van der Waals surface area contributed by atoms with Crippen molar-refractivity contribution in [1.82, 2.24) is 20.4 Å². The highest BCUT2D eigenvalue weighted by Crippen LogP contribution is 2.12. The number of benzene rings is 1. The normalized spacial score (nSPS) is 11.4. The summed E-state index contributed by atoms with van der Waals surface area (Å²) in [5.41, 5.74) is 4.12. The van der Waals surface area contributed by atoms with Gasteiger partial charge in [0.05, 0.1) is 12.2 Å². The van der Waals surface area contributed by atoms with Crippen molar-refractivity contribution in [1.29, 1.82) is 0 Å². The van der Waals surface area contributed by atoms with Gasteiger partial charge in [0.15, 0.2) is 5.96 Å². The molecule has 3 N–H and O–H groups in total. The van der Waals surface area contributed by atoms with Crippen LogP contribution in [0.1, 0.15) is 50.1 Å². The minimum absolute atomic E-state index is 0.0470. The van der Waals surface area contributed by atoms with Gasteiger partial charge in [-0.1, -0.05) is 19.1 Å². The van der Waals surface area contributed by atoms with Gasteiger partial charge in [0.2, 0.25) is 5.91 Å². The summed E-state index contributed by atoms with van der Waals surface area (Å²) >= 11 is 0. The Morgan fingerprint density at radius 1 is 1.17 bits per heavy atom. The van der Waals surface area contributed by atoms with Gasteiger partial charge in [0, 0.05) is 37.4 Å². The summed E-state index contributed by atoms with van der Waals surface area (Å²) in [5, 5.41) is 14.1. The van der Waals surface area contributed by atoms with Crippen molar-refractivity contribution in [2.24, 2.45) is 4.99 Å². The van der Waals surface area contributed by atoms with Crippen LogP contribution in [0.4, 0.5) is 5.69 Å². The molecule has 7 nitrogen and oxygen atoms in total. The first kappa shape index (κ1) is 22.5. The maximum Gasteiger partial charge on any atom is 0.224 e. The van der Waals surface area contributed by atoms with E-state index >= 15 is 0 Å². The van der Waals surface area contributed by atoms with E-state index in [0.717, 1.165) is 55.4 Å². The van der Waals surface area contributed by atoms with Crippen molar-refractivity contribution >= 4 is 17.6 Å². The molecular weight excluding hydrogens is 364 g/mol. The van der Waals surface area contributed by atoms with Crippen molar-refractivity contribution < 1.29 is 4.79 Å². The van der Waals surface area contributed by atoms with Crippen LogP contribution in [0.2, 0.25) is 0 Å². The zero-order chi connectivity index (χ0) is 21.1. The molecule has 1 heterocycles. The highest BCUT2D eigenvalue weighted by atomic mass is 16.1. The Bertz CT molecular complexity index is 811. The van der Waals surface area contributed by atoms with Crippen LogP contribution in [0.5, 0.6) is 0 Å². The average Bonchev–Trinajstić information content (AvgIpc) is 3.00. The first-order valence-corrected chi connectivity index (χ1v) is 10.4. The van der Waals surface area contributed by atoms with Crippen LogP contribution >= 0.6 is 0 Å². The molecule has 0 bridgehead atoms. The number of guanidine groups is 1. The van der Waals surface area contributed by atoms with E-state index in [4.69, 9.17) is 0 Å². The Balaban J connectivity index is 1.86. The SMILES string of the molecule is CCCC(=O)Nc1cccc(CN=C(NCC)NCCCn2nc(C)cc2C)c1. The second-order valence-corrected chi connectivity index (χ2v) is 7.12. The Morgan fingerprint density at radius 2 is 2.00 bits per heavy atom. The molecule has 2 aromatic rings. The van der Waals surface area contributed by atoms with Gasteiger partial charge in [-0.3, -0.25) is 9.48 Å². The van der Waals surface area contributed by atoms with E-state index in [1.54, 1.807) is 0 Å². The zero-order valence-corrected chi connectivity index (χ0v) is 18.1. The molecule has 0 unspecified atom stereocenters. The van der Waals surface area contributed by atoms with Crippen molar-refractivity contribution in [2.75, 3.05) is 18.4 Å². The van der Waals surface area contributed by atoms with Crippen LogP contribution < -0.4 is 16.0 Å². The van der Waals surface area contributed by atoms with Crippen molar-refractivity contribution in [2.45, 2.75) is 60.0 Å². The number of amides is 1. The fourth-order valence-electron chi connectivity index (χ4n) is 3.05. The molecule has 1 amide bonds. The second-order valence-electron chi connectivity index (χ2n) is 7.12. The zero-order valence-electron chi connectivity index (χ0n) is 18.1. The van der Waals surface area contributed by atoms with Crippen molar-refractivity contribution in [3.63, 3.8) is 0 Å². The maximum absolute atomic E-state index is 11.8. The number of anilines is 1. The third kappa shape index (κ3) is 7.97. The Morgan fingerprint density at radius 3 is 2.69 bits per heavy atom. The average molecular weight is 399 g/mol. The van der Waals surface area contributed by atoms with Crippen molar-refractivity contribution in [3.05, 3.63) is 47.3 Å². The van der Waals surface area contributed by atoms with Crippen LogP contribution in [0.3, 0.4) is 0 Å². The quantitative estimate of drug-likeness (QED) is 0.325. The number of carbonyl (C=O) groups is 1. The molecule has 0 atom stereocenters. The molecule has 7 heteroatoms. The van der Waals surface area contributed by atoms with Gasteiger partial charge in [-0.15, -0.1) is 0 Å². The number of nitrogens with one attached hydrogen (secondary N) is 3. The third-order valence-corrected chi connectivity index (χ3v) is 4.39. The molecule has 0 fully saturated rings. The first-order chi connectivity index (χ1) is 14.0. The van der Waals surface area contributed by atoms with Gasteiger partial charge in [-0.05, 0) is 57.4 Å². The number of aromatic nitrogens is 2. The highest BCUT2D eigenvalue weighted by Gasteiger charge is 2.03. The number of nitrogens with zero attached hydrogens (tertiary/aromatic N) is 3. The lowest BCUT2D eigenvalue weighted by Crippen LogP contribution is -2.38. The maximum atomic E-state index is 11.8. The summed E-state index contributed by atoms with van der Waals surface area (Å²) < 4.78 is 2.04. The van der Waals surface area contributed by atoms with Gasteiger partial charge >= 0.3 is 0 Å². The van der Waals surface area contributed by atoms with E-state index in [2.05, 4.69) is 46.0 Å². The van der Waals surface area contributed by atoms with E-state index in [-0.39, 0.29) is 5.91 Å². The van der Waals surface area contributed by atoms with Gasteiger partial charge < -0.3 is 16.0 Å². The molecule has 0 aliphatic rings. The molecule has 0 aliphatic heterocycles. The molecule has 1 aromatic carbocycles. The Kier molecular flexibility index (Phi) is 9.21. The number of carbonyl (C=O) groups excluding carboxylic acids is 1. The summed E-state index contributed by atoms with van der Waals surface area (Å²) in [6.07, 6.45) is 2.34. The molecule has 1 aromatic heterocycles. The van der Waals surface area contributed by atoms with Gasteiger partial charge in [-0.2, -0.15) is 5.10 Å². The number of aryl methyl sites for hydroxylation is 3. The molecule has 0 radical (unpaired) electrons. The second kappa shape index (κ2) is 11.9. The molecule has 0 aliphatic carbocycles. The van der Waals surface area contributed by atoms with Gasteiger partial charge in [0.25, 0.3) is 0 Å². The van der Waals surface area contributed by atoms with Gasteiger partial charge in [-0.25, -0.2) is 4.99 Å². The first-order valence-electron chi connectivity index (χ1n) is 10.4. The molecule has 0 saturated carbocycles. The minimum Gasteiger partial charge on any atom is -0.357 e. The summed E-state index contributed by atoms with van der Waals surface area (Å²) in [4.78, 5) is 16.4. The van der Waals surface area contributed by atoms with E-state index in [1.165, 1.54) is 5.69 Å². The lowest BCUT2D eigenvalue weighted by molar-refractivity contribution is -0.116. The summed E-state index contributed by atoms with van der Waals surface area (Å²) in [7, 11) is 0. The van der Waals surface area contributed by atoms with Crippen LogP contribution in [0, 0.1) is 13.8 Å². The Hall–Kier alpha value is -2.83. The predicted molar refractivity (Wildman–Crippen MR) is 119 cm³/mol. The highest BCUT2D eigenvalue weighted by molar-refractivity contribution is 5.90. The third-order valence-electron chi connectivity index (χ3n) is 4.39. The monoisotopic (exact) mass is 398 g/mol. The minimum atomic E-state index is 0.0470. The summed E-state index contributed by atoms with van der Waals surface area (Å²) in [5.74, 6) is 0.840. The molecule has 29 heavy (non-hydrogen) atoms. The van der Waals surface area contributed by atoms with E-state index < -0.39 is 0 Å². The van der Waals surface area contributed by atoms with Crippen LogP contribution in [0.25, 0.3) is 0 Å². The summed E-state index contributed by atoms with van der Waals surface area (Å²) in [6.45, 7) is 11.2. The number of hydrogen-bond acceptors (Lipinski definition) is 3. The smallest absolute Gasteiger partial charge is 0.224 e. The molecule has 2 rings (SSSR count).